The van der Waals surface area contributed by atoms with Crippen molar-refractivity contribution < 1.29 is 9.15 Å². The van der Waals surface area contributed by atoms with E-state index in [0.29, 0.717) is 6.54 Å². The highest BCUT2D eigenvalue weighted by atomic mass is 79.9. The number of furan rings is 1. The van der Waals surface area contributed by atoms with Gasteiger partial charge in [0.1, 0.15) is 17.3 Å². The van der Waals surface area contributed by atoms with Gasteiger partial charge in [-0.05, 0) is 63.2 Å². The summed E-state index contributed by atoms with van der Waals surface area (Å²) in [5, 5.41) is 3.06. The molecule has 0 radical (unpaired) electrons. The van der Waals surface area contributed by atoms with Crippen LogP contribution >= 0.6 is 31.9 Å². The Balaban J connectivity index is 2.42. The van der Waals surface area contributed by atoms with Crippen LogP contribution in [0.2, 0.25) is 0 Å². The van der Waals surface area contributed by atoms with Crippen molar-refractivity contribution in [2.24, 2.45) is 0 Å². The number of ether oxygens (including phenoxy) is 1. The molecule has 1 aromatic carbocycles. The normalized spacial score (nSPS) is 10.7. The van der Waals surface area contributed by atoms with Crippen molar-refractivity contribution in [3.05, 3.63) is 39.0 Å². The van der Waals surface area contributed by atoms with Gasteiger partial charge in [-0.3, -0.25) is 0 Å². The molecule has 0 unspecified atom stereocenters. The lowest BCUT2D eigenvalue weighted by Gasteiger charge is -2.07. The van der Waals surface area contributed by atoms with Crippen LogP contribution in [0.1, 0.15) is 5.76 Å². The van der Waals surface area contributed by atoms with Crippen molar-refractivity contribution in [1.29, 1.82) is 0 Å². The second-order valence-electron chi connectivity index (χ2n) is 3.76. The van der Waals surface area contributed by atoms with Gasteiger partial charge in [-0.15, -0.1) is 0 Å². The fraction of sp³-hybridized carbons (Fsp3) is 0.231. The van der Waals surface area contributed by atoms with E-state index in [2.05, 4.69) is 37.2 Å². The van der Waals surface area contributed by atoms with Gasteiger partial charge in [0.25, 0.3) is 0 Å². The zero-order chi connectivity index (χ0) is 13.1. The molecule has 0 atom stereocenters. The maximum absolute atomic E-state index is 5.77. The van der Waals surface area contributed by atoms with Gasteiger partial charge >= 0.3 is 0 Å². The van der Waals surface area contributed by atoms with Crippen LogP contribution in [-0.4, -0.2) is 14.2 Å². The van der Waals surface area contributed by atoms with E-state index in [9.17, 15) is 0 Å². The average molecular weight is 375 g/mol. The largest absolute Gasteiger partial charge is 0.496 e. The number of halogens is 2. The van der Waals surface area contributed by atoms with E-state index >= 15 is 0 Å². The van der Waals surface area contributed by atoms with Crippen molar-refractivity contribution >= 4 is 31.9 Å². The molecule has 1 aromatic heterocycles. The van der Waals surface area contributed by atoms with Crippen molar-refractivity contribution in [2.45, 2.75) is 6.54 Å². The molecule has 0 saturated carbocycles. The standard InChI is InChI=1S/C13H13Br2NO2/c1-16-7-8-3-4-12(18-8)9-5-13(17-2)11(15)6-10(9)14/h3-6,16H,7H2,1-2H3. The number of methoxy groups -OCH3 is 1. The number of rotatable bonds is 4. The van der Waals surface area contributed by atoms with Gasteiger partial charge in [-0.2, -0.15) is 0 Å². The molecule has 0 bridgehead atoms. The van der Waals surface area contributed by atoms with Crippen LogP contribution in [0.15, 0.2) is 37.6 Å². The van der Waals surface area contributed by atoms with Gasteiger partial charge < -0.3 is 14.5 Å². The van der Waals surface area contributed by atoms with Crippen molar-refractivity contribution in [3.63, 3.8) is 0 Å². The second-order valence-corrected chi connectivity index (χ2v) is 5.47. The molecule has 2 rings (SSSR count). The highest BCUT2D eigenvalue weighted by molar-refractivity contribution is 9.11. The van der Waals surface area contributed by atoms with E-state index in [0.717, 1.165) is 31.8 Å². The third kappa shape index (κ3) is 2.79. The van der Waals surface area contributed by atoms with Gasteiger partial charge in [0, 0.05) is 10.0 Å². The minimum absolute atomic E-state index is 0.714. The number of nitrogens with one attached hydrogen (secondary N) is 1. The number of hydrogen-bond acceptors (Lipinski definition) is 3. The molecule has 96 valence electrons. The summed E-state index contributed by atoms with van der Waals surface area (Å²) in [5.74, 6) is 2.50. The third-order valence-corrected chi connectivity index (χ3v) is 3.80. The topological polar surface area (TPSA) is 34.4 Å². The Morgan fingerprint density at radius 2 is 2.00 bits per heavy atom. The van der Waals surface area contributed by atoms with Gasteiger partial charge in [0.2, 0.25) is 0 Å². The highest BCUT2D eigenvalue weighted by Crippen LogP contribution is 2.37. The third-order valence-electron chi connectivity index (χ3n) is 2.52. The molecule has 5 heteroatoms. The quantitative estimate of drug-likeness (QED) is 0.870. The van der Waals surface area contributed by atoms with E-state index in [1.807, 2.05) is 31.3 Å². The predicted octanol–water partition coefficient (Wildman–Crippen LogP) is 4.20. The minimum atomic E-state index is 0.714. The summed E-state index contributed by atoms with van der Waals surface area (Å²) >= 11 is 6.98. The fourth-order valence-corrected chi connectivity index (χ4v) is 3.02. The Kier molecular flexibility index (Phi) is 4.48. The smallest absolute Gasteiger partial charge is 0.135 e. The fourth-order valence-electron chi connectivity index (χ4n) is 1.67. The first-order chi connectivity index (χ1) is 8.65. The maximum Gasteiger partial charge on any atom is 0.135 e. The summed E-state index contributed by atoms with van der Waals surface area (Å²) in [4.78, 5) is 0. The minimum Gasteiger partial charge on any atom is -0.496 e. The molecular weight excluding hydrogens is 362 g/mol. The molecule has 0 aliphatic heterocycles. The Hall–Kier alpha value is -0.780. The van der Waals surface area contributed by atoms with Crippen molar-refractivity contribution in [3.8, 4) is 17.1 Å². The Morgan fingerprint density at radius 1 is 1.22 bits per heavy atom. The monoisotopic (exact) mass is 373 g/mol. The van der Waals surface area contributed by atoms with Crippen LogP contribution in [0.4, 0.5) is 0 Å². The molecular formula is C13H13Br2NO2. The lowest BCUT2D eigenvalue weighted by Crippen LogP contribution is -2.03. The maximum atomic E-state index is 5.77. The van der Waals surface area contributed by atoms with Crippen molar-refractivity contribution in [1.82, 2.24) is 5.32 Å². The van der Waals surface area contributed by atoms with Gasteiger partial charge in [0.05, 0.1) is 18.1 Å². The molecule has 1 N–H and O–H groups in total. The molecule has 0 fully saturated rings. The van der Waals surface area contributed by atoms with Crippen LogP contribution in [0.3, 0.4) is 0 Å². The molecule has 0 spiro atoms. The Labute approximate surface area is 123 Å². The lowest BCUT2D eigenvalue weighted by molar-refractivity contribution is 0.412. The molecule has 0 aliphatic carbocycles. The number of benzene rings is 1. The average Bonchev–Trinajstić information content (AvgIpc) is 2.78. The van der Waals surface area contributed by atoms with Crippen LogP contribution < -0.4 is 10.1 Å². The van der Waals surface area contributed by atoms with Crippen LogP contribution in [0.5, 0.6) is 5.75 Å². The van der Waals surface area contributed by atoms with Crippen LogP contribution in [-0.2, 0) is 6.54 Å². The summed E-state index contributed by atoms with van der Waals surface area (Å²) in [6.07, 6.45) is 0. The predicted molar refractivity (Wildman–Crippen MR) is 78.9 cm³/mol. The summed E-state index contributed by atoms with van der Waals surface area (Å²) in [7, 11) is 3.53. The second kappa shape index (κ2) is 5.91. The Morgan fingerprint density at radius 3 is 2.67 bits per heavy atom. The number of hydrogen-bond donors (Lipinski definition) is 1. The molecule has 0 aliphatic rings. The SMILES string of the molecule is CNCc1ccc(-c2cc(OC)c(Br)cc2Br)o1. The highest BCUT2D eigenvalue weighted by Gasteiger charge is 2.12. The Bertz CT molecular complexity index is 552. The van der Waals surface area contributed by atoms with Gasteiger partial charge in [-0.25, -0.2) is 0 Å². The van der Waals surface area contributed by atoms with Crippen LogP contribution in [0.25, 0.3) is 11.3 Å². The first-order valence-electron chi connectivity index (χ1n) is 5.42. The molecule has 1 heterocycles. The zero-order valence-corrected chi connectivity index (χ0v) is 13.3. The van der Waals surface area contributed by atoms with E-state index < -0.39 is 0 Å². The van der Waals surface area contributed by atoms with E-state index in [-0.39, 0.29) is 0 Å². The van der Waals surface area contributed by atoms with E-state index in [1.165, 1.54) is 0 Å². The first-order valence-corrected chi connectivity index (χ1v) is 7.01. The summed E-state index contributed by atoms with van der Waals surface area (Å²) in [6, 6.07) is 7.82. The molecule has 18 heavy (non-hydrogen) atoms. The van der Waals surface area contributed by atoms with Gasteiger partial charge in [-0.1, -0.05) is 0 Å². The van der Waals surface area contributed by atoms with Gasteiger partial charge in [0.15, 0.2) is 0 Å². The van der Waals surface area contributed by atoms with Crippen molar-refractivity contribution in [2.75, 3.05) is 14.2 Å². The summed E-state index contributed by atoms with van der Waals surface area (Å²) in [5.41, 5.74) is 0.970. The van der Waals surface area contributed by atoms with E-state index in [4.69, 9.17) is 9.15 Å². The van der Waals surface area contributed by atoms with E-state index in [1.54, 1.807) is 7.11 Å². The van der Waals surface area contributed by atoms with Crippen LogP contribution in [0, 0.1) is 0 Å². The lowest BCUT2D eigenvalue weighted by atomic mass is 10.1. The molecule has 0 saturated heterocycles. The molecule has 2 aromatic rings. The molecule has 3 nitrogen and oxygen atoms in total. The molecule has 0 amide bonds. The first kappa shape index (κ1) is 13.6. The summed E-state index contributed by atoms with van der Waals surface area (Å²) < 4.78 is 12.9. The zero-order valence-electron chi connectivity index (χ0n) is 10.1. The summed E-state index contributed by atoms with van der Waals surface area (Å²) in [6.45, 7) is 0.714.